The minimum atomic E-state index is -0.786. The molecule has 0 aliphatic heterocycles. The first-order valence-corrected chi connectivity index (χ1v) is 6.13. The van der Waals surface area contributed by atoms with Gasteiger partial charge in [0.2, 0.25) is 0 Å². The smallest absolute Gasteiger partial charge is 0.0880 e. The highest BCUT2D eigenvalue weighted by molar-refractivity contribution is 6.30. The van der Waals surface area contributed by atoms with Crippen LogP contribution in [0.1, 0.15) is 32.3 Å². The van der Waals surface area contributed by atoms with Gasteiger partial charge in [-0.15, -0.1) is 0 Å². The van der Waals surface area contributed by atoms with E-state index in [1.165, 1.54) is 0 Å². The van der Waals surface area contributed by atoms with Gasteiger partial charge in [0.1, 0.15) is 0 Å². The fourth-order valence-electron chi connectivity index (χ4n) is 1.59. The van der Waals surface area contributed by atoms with Crippen LogP contribution in [0.25, 0.3) is 0 Å². The van der Waals surface area contributed by atoms with E-state index in [0.717, 1.165) is 25.1 Å². The van der Waals surface area contributed by atoms with E-state index >= 15 is 0 Å². The van der Waals surface area contributed by atoms with Crippen molar-refractivity contribution in [3.63, 3.8) is 0 Å². The molecule has 16 heavy (non-hydrogen) atoms. The molecular weight excluding hydrogens is 222 g/mol. The van der Waals surface area contributed by atoms with Crippen molar-refractivity contribution in [3.05, 3.63) is 34.9 Å². The van der Waals surface area contributed by atoms with Crippen LogP contribution < -0.4 is 5.32 Å². The summed E-state index contributed by atoms with van der Waals surface area (Å²) in [5.41, 5.74) is 0.126. The van der Waals surface area contributed by atoms with E-state index in [1.54, 1.807) is 0 Å². The van der Waals surface area contributed by atoms with Crippen molar-refractivity contribution in [1.82, 2.24) is 5.32 Å². The summed E-state index contributed by atoms with van der Waals surface area (Å²) in [6.45, 7) is 5.79. The van der Waals surface area contributed by atoms with Gasteiger partial charge in [0.25, 0.3) is 0 Å². The van der Waals surface area contributed by atoms with Gasteiger partial charge in [0, 0.05) is 5.02 Å². The second-order valence-corrected chi connectivity index (χ2v) is 4.72. The van der Waals surface area contributed by atoms with Crippen LogP contribution in [0, 0.1) is 0 Å². The molecule has 0 aromatic heterocycles. The predicted octanol–water partition coefficient (Wildman–Crippen LogP) is 2.94. The maximum absolute atomic E-state index is 10.3. The van der Waals surface area contributed by atoms with E-state index in [-0.39, 0.29) is 0 Å². The minimum Gasteiger partial charge on any atom is -0.385 e. The van der Waals surface area contributed by atoms with Crippen LogP contribution in [-0.4, -0.2) is 18.2 Å². The molecule has 1 rings (SSSR count). The lowest BCUT2D eigenvalue weighted by Gasteiger charge is -2.24. The lowest BCUT2D eigenvalue weighted by atomic mass is 9.92. The molecule has 1 aromatic rings. The van der Waals surface area contributed by atoms with Gasteiger partial charge >= 0.3 is 0 Å². The molecular formula is C13H20ClNO. The van der Waals surface area contributed by atoms with E-state index in [4.69, 9.17) is 11.6 Å². The van der Waals surface area contributed by atoms with Crippen LogP contribution in [0.3, 0.4) is 0 Å². The lowest BCUT2D eigenvalue weighted by Crippen LogP contribution is -2.28. The molecule has 2 nitrogen and oxygen atoms in total. The van der Waals surface area contributed by atoms with Gasteiger partial charge in [0.05, 0.1) is 5.60 Å². The second-order valence-electron chi connectivity index (χ2n) is 4.28. The first kappa shape index (κ1) is 13.5. The molecule has 0 bridgehead atoms. The predicted molar refractivity (Wildman–Crippen MR) is 68.8 cm³/mol. The zero-order valence-electron chi connectivity index (χ0n) is 9.96. The number of rotatable bonds is 6. The molecule has 2 N–H and O–H groups in total. The van der Waals surface area contributed by atoms with Gasteiger partial charge in [-0.2, -0.15) is 0 Å². The minimum absolute atomic E-state index is 0.698. The van der Waals surface area contributed by atoms with Crippen molar-refractivity contribution < 1.29 is 5.11 Å². The molecule has 0 spiro atoms. The highest BCUT2D eigenvalue weighted by Crippen LogP contribution is 2.25. The number of hydrogen-bond acceptors (Lipinski definition) is 2. The fourth-order valence-corrected chi connectivity index (χ4v) is 1.71. The molecule has 90 valence electrons. The standard InChI is InChI=1S/C13H20ClNO/c1-3-9-15-10-8-13(2,16)11-4-6-12(14)7-5-11/h4-7,15-16H,3,8-10H2,1-2H3. The van der Waals surface area contributed by atoms with Crippen LogP contribution in [0.15, 0.2) is 24.3 Å². The normalized spacial score (nSPS) is 14.8. The highest BCUT2D eigenvalue weighted by atomic mass is 35.5. The summed E-state index contributed by atoms with van der Waals surface area (Å²) in [6, 6.07) is 7.37. The fraction of sp³-hybridized carbons (Fsp3) is 0.538. The third-order valence-corrected chi connectivity index (χ3v) is 2.93. The molecule has 0 aliphatic carbocycles. The molecule has 0 radical (unpaired) electrons. The van der Waals surface area contributed by atoms with Crippen molar-refractivity contribution in [2.45, 2.75) is 32.3 Å². The number of hydrogen-bond donors (Lipinski definition) is 2. The maximum atomic E-state index is 10.3. The highest BCUT2D eigenvalue weighted by Gasteiger charge is 2.21. The molecule has 0 aliphatic rings. The van der Waals surface area contributed by atoms with Gasteiger partial charge < -0.3 is 10.4 Å². The Morgan fingerprint density at radius 3 is 2.44 bits per heavy atom. The van der Waals surface area contributed by atoms with Crippen LogP contribution in [0.2, 0.25) is 5.02 Å². The third-order valence-electron chi connectivity index (χ3n) is 2.68. The van der Waals surface area contributed by atoms with E-state index in [1.807, 2.05) is 31.2 Å². The van der Waals surface area contributed by atoms with E-state index < -0.39 is 5.60 Å². The van der Waals surface area contributed by atoms with Crippen LogP contribution in [0.4, 0.5) is 0 Å². The van der Waals surface area contributed by atoms with Crippen molar-refractivity contribution >= 4 is 11.6 Å². The van der Waals surface area contributed by atoms with Crippen molar-refractivity contribution in [2.75, 3.05) is 13.1 Å². The first-order chi connectivity index (χ1) is 7.56. The topological polar surface area (TPSA) is 32.3 Å². The van der Waals surface area contributed by atoms with Crippen LogP contribution >= 0.6 is 11.6 Å². The maximum Gasteiger partial charge on any atom is 0.0880 e. The number of benzene rings is 1. The Hall–Kier alpha value is -0.570. The molecule has 0 fully saturated rings. The Morgan fingerprint density at radius 2 is 1.88 bits per heavy atom. The second kappa shape index (κ2) is 6.24. The van der Waals surface area contributed by atoms with Crippen LogP contribution in [0.5, 0.6) is 0 Å². The molecule has 1 aromatic carbocycles. The van der Waals surface area contributed by atoms with Gasteiger partial charge in [0.15, 0.2) is 0 Å². The SMILES string of the molecule is CCCNCCC(C)(O)c1ccc(Cl)cc1. The summed E-state index contributed by atoms with van der Waals surface area (Å²) >= 11 is 5.81. The molecule has 1 atom stereocenters. The van der Waals surface area contributed by atoms with Gasteiger partial charge in [-0.05, 0) is 50.6 Å². The summed E-state index contributed by atoms with van der Waals surface area (Å²) in [5.74, 6) is 0. The molecule has 0 saturated heterocycles. The first-order valence-electron chi connectivity index (χ1n) is 5.75. The van der Waals surface area contributed by atoms with Crippen molar-refractivity contribution in [2.24, 2.45) is 0 Å². The van der Waals surface area contributed by atoms with Gasteiger partial charge in [-0.3, -0.25) is 0 Å². The van der Waals surface area contributed by atoms with Crippen LogP contribution in [-0.2, 0) is 5.60 Å². The number of halogens is 1. The molecule has 3 heteroatoms. The van der Waals surface area contributed by atoms with Crippen molar-refractivity contribution in [3.8, 4) is 0 Å². The summed E-state index contributed by atoms with van der Waals surface area (Å²) < 4.78 is 0. The molecule has 0 heterocycles. The number of aliphatic hydroxyl groups is 1. The summed E-state index contributed by atoms with van der Waals surface area (Å²) in [7, 11) is 0. The third kappa shape index (κ3) is 4.12. The van der Waals surface area contributed by atoms with Gasteiger partial charge in [-0.1, -0.05) is 30.7 Å². The summed E-state index contributed by atoms with van der Waals surface area (Å²) in [5, 5.41) is 14.3. The Balaban J connectivity index is 2.52. The largest absolute Gasteiger partial charge is 0.385 e. The van der Waals surface area contributed by atoms with E-state index in [9.17, 15) is 5.11 Å². The summed E-state index contributed by atoms with van der Waals surface area (Å²) in [6.07, 6.45) is 1.82. The molecule has 0 saturated carbocycles. The van der Waals surface area contributed by atoms with E-state index in [0.29, 0.717) is 11.4 Å². The summed E-state index contributed by atoms with van der Waals surface area (Å²) in [4.78, 5) is 0. The Bertz CT molecular complexity index is 308. The average molecular weight is 242 g/mol. The molecule has 1 unspecified atom stereocenters. The zero-order chi connectivity index (χ0) is 12.0. The Kier molecular flexibility index (Phi) is 5.26. The quantitative estimate of drug-likeness (QED) is 0.751. The Morgan fingerprint density at radius 1 is 1.25 bits per heavy atom. The van der Waals surface area contributed by atoms with Crippen molar-refractivity contribution in [1.29, 1.82) is 0 Å². The monoisotopic (exact) mass is 241 g/mol. The lowest BCUT2D eigenvalue weighted by molar-refractivity contribution is 0.0481. The Labute approximate surface area is 103 Å². The van der Waals surface area contributed by atoms with E-state index in [2.05, 4.69) is 12.2 Å². The zero-order valence-corrected chi connectivity index (χ0v) is 10.7. The van der Waals surface area contributed by atoms with Gasteiger partial charge in [-0.25, -0.2) is 0 Å². The average Bonchev–Trinajstić information content (AvgIpc) is 2.25. The molecule has 0 amide bonds. The number of nitrogens with one attached hydrogen (secondary N) is 1.